The van der Waals surface area contributed by atoms with E-state index < -0.39 is 0 Å². The average molecular weight is 368 g/mol. The van der Waals surface area contributed by atoms with Gasteiger partial charge in [-0.25, -0.2) is 4.98 Å². The molecule has 142 valence electrons. The Balaban J connectivity index is 1.59. The molecular formula is C20H24N4O3. The molecule has 1 unspecified atom stereocenters. The Hall–Kier alpha value is -2.67. The number of nitrogens with zero attached hydrogens (tertiary/aromatic N) is 3. The maximum absolute atomic E-state index is 13.0. The number of aromatic nitrogens is 2. The van der Waals surface area contributed by atoms with Gasteiger partial charge in [-0.3, -0.25) is 4.79 Å². The number of nitrogens with one attached hydrogen (secondary N) is 1. The van der Waals surface area contributed by atoms with Gasteiger partial charge in [0, 0.05) is 12.6 Å². The lowest BCUT2D eigenvalue weighted by atomic mass is 10.1. The summed E-state index contributed by atoms with van der Waals surface area (Å²) in [6.07, 6.45) is 5.35. The summed E-state index contributed by atoms with van der Waals surface area (Å²) in [5.74, 6) is 0.437. The van der Waals surface area contributed by atoms with Crippen LogP contribution in [0.5, 0.6) is 0 Å². The summed E-state index contributed by atoms with van der Waals surface area (Å²) in [6, 6.07) is 5.38. The molecule has 1 fully saturated rings. The van der Waals surface area contributed by atoms with Crippen molar-refractivity contribution in [2.24, 2.45) is 0 Å². The van der Waals surface area contributed by atoms with Gasteiger partial charge >= 0.3 is 0 Å². The van der Waals surface area contributed by atoms with Gasteiger partial charge in [0.05, 0.1) is 22.9 Å². The summed E-state index contributed by atoms with van der Waals surface area (Å²) in [5, 5.41) is 7.74. The Bertz CT molecular complexity index is 926. The number of hydrogen-bond donors (Lipinski definition) is 1. The van der Waals surface area contributed by atoms with E-state index in [0.717, 1.165) is 19.6 Å². The first-order valence-electron chi connectivity index (χ1n) is 9.46. The van der Waals surface area contributed by atoms with E-state index in [2.05, 4.69) is 20.4 Å². The van der Waals surface area contributed by atoms with Crippen LogP contribution in [0.2, 0.25) is 0 Å². The first kappa shape index (κ1) is 17.7. The predicted octanol–water partition coefficient (Wildman–Crippen LogP) is 3.40. The third kappa shape index (κ3) is 3.73. The number of amides is 1. The molecule has 0 bridgehead atoms. The standard InChI is InChI=1S/C20H24N4O3/c1-13(12-24-8-4-3-5-9-24)21-19(25)15-11-16(17-7-6-10-26-17)22-20-18(15)14(2)23-27-20/h6-7,10-11,13H,3-5,8-9,12H2,1-2H3,(H,21,25). The second kappa shape index (κ2) is 7.52. The Kier molecular flexibility index (Phi) is 4.94. The zero-order valence-corrected chi connectivity index (χ0v) is 15.7. The molecule has 1 aliphatic rings. The minimum absolute atomic E-state index is 0.0473. The van der Waals surface area contributed by atoms with Crippen LogP contribution in [0.1, 0.15) is 42.2 Å². The molecule has 3 aromatic rings. The van der Waals surface area contributed by atoms with Crippen molar-refractivity contribution in [3.63, 3.8) is 0 Å². The summed E-state index contributed by atoms with van der Waals surface area (Å²) >= 11 is 0. The van der Waals surface area contributed by atoms with Crippen LogP contribution in [0.3, 0.4) is 0 Å². The van der Waals surface area contributed by atoms with Crippen LogP contribution in [-0.2, 0) is 0 Å². The molecule has 27 heavy (non-hydrogen) atoms. The average Bonchev–Trinajstić information content (AvgIpc) is 3.32. The molecule has 1 saturated heterocycles. The molecule has 1 amide bonds. The van der Waals surface area contributed by atoms with Crippen molar-refractivity contribution in [2.75, 3.05) is 19.6 Å². The molecule has 4 rings (SSSR count). The van der Waals surface area contributed by atoms with Gasteiger partial charge in [-0.1, -0.05) is 11.6 Å². The van der Waals surface area contributed by atoms with Gasteiger partial charge in [-0.2, -0.15) is 0 Å². The van der Waals surface area contributed by atoms with Crippen LogP contribution in [0, 0.1) is 6.92 Å². The Labute approximate surface area is 157 Å². The Morgan fingerprint density at radius 1 is 1.33 bits per heavy atom. The number of rotatable bonds is 5. The van der Waals surface area contributed by atoms with Crippen molar-refractivity contribution < 1.29 is 13.7 Å². The van der Waals surface area contributed by atoms with E-state index in [0.29, 0.717) is 33.8 Å². The van der Waals surface area contributed by atoms with E-state index in [1.54, 1.807) is 24.5 Å². The van der Waals surface area contributed by atoms with E-state index in [4.69, 9.17) is 8.94 Å². The summed E-state index contributed by atoms with van der Waals surface area (Å²) in [6.45, 7) is 6.92. The number of carbonyl (C=O) groups excluding carboxylic acids is 1. The maximum atomic E-state index is 13.0. The van der Waals surface area contributed by atoms with Gasteiger partial charge in [-0.15, -0.1) is 0 Å². The van der Waals surface area contributed by atoms with Crippen LogP contribution in [0.4, 0.5) is 0 Å². The minimum Gasteiger partial charge on any atom is -0.463 e. The summed E-state index contributed by atoms with van der Waals surface area (Å²) < 4.78 is 10.7. The van der Waals surface area contributed by atoms with Gasteiger partial charge in [0.15, 0.2) is 5.76 Å². The van der Waals surface area contributed by atoms with Gasteiger partial charge in [0.1, 0.15) is 5.69 Å². The highest BCUT2D eigenvalue weighted by Crippen LogP contribution is 2.27. The van der Waals surface area contributed by atoms with Crippen LogP contribution in [0.15, 0.2) is 33.4 Å². The molecule has 1 N–H and O–H groups in total. The van der Waals surface area contributed by atoms with Crippen LogP contribution >= 0.6 is 0 Å². The quantitative estimate of drug-likeness (QED) is 0.743. The predicted molar refractivity (Wildman–Crippen MR) is 101 cm³/mol. The zero-order chi connectivity index (χ0) is 18.8. The van der Waals surface area contributed by atoms with E-state index in [1.165, 1.54) is 19.3 Å². The Morgan fingerprint density at radius 3 is 2.89 bits per heavy atom. The van der Waals surface area contributed by atoms with Gasteiger partial charge in [0.25, 0.3) is 11.6 Å². The van der Waals surface area contributed by atoms with Crippen LogP contribution in [-0.4, -0.2) is 46.6 Å². The monoisotopic (exact) mass is 368 g/mol. The number of carbonyl (C=O) groups is 1. The van der Waals surface area contributed by atoms with E-state index in [-0.39, 0.29) is 11.9 Å². The Morgan fingerprint density at radius 2 is 2.15 bits per heavy atom. The van der Waals surface area contributed by atoms with Crippen LogP contribution < -0.4 is 5.32 Å². The topological polar surface area (TPSA) is 84.4 Å². The van der Waals surface area contributed by atoms with E-state index >= 15 is 0 Å². The molecule has 0 aliphatic carbocycles. The smallest absolute Gasteiger partial charge is 0.259 e. The number of fused-ring (bicyclic) bond motifs is 1. The summed E-state index contributed by atoms with van der Waals surface area (Å²) in [4.78, 5) is 19.9. The fourth-order valence-corrected chi connectivity index (χ4v) is 3.70. The fraction of sp³-hybridized carbons (Fsp3) is 0.450. The second-order valence-corrected chi connectivity index (χ2v) is 7.22. The lowest BCUT2D eigenvalue weighted by Crippen LogP contribution is -2.43. The summed E-state index contributed by atoms with van der Waals surface area (Å²) in [5.41, 5.74) is 2.06. The molecule has 0 saturated carbocycles. The maximum Gasteiger partial charge on any atom is 0.259 e. The van der Waals surface area contributed by atoms with Crippen LogP contribution in [0.25, 0.3) is 22.6 Å². The SMILES string of the molecule is Cc1noc2nc(-c3ccco3)cc(C(=O)NC(C)CN3CCCCC3)c12. The van der Waals surface area contributed by atoms with Crippen molar-refractivity contribution in [3.8, 4) is 11.5 Å². The van der Waals surface area contributed by atoms with Crippen molar-refractivity contribution >= 4 is 17.0 Å². The third-order valence-corrected chi connectivity index (χ3v) is 4.99. The number of likely N-dealkylation sites (tertiary alicyclic amines) is 1. The highest BCUT2D eigenvalue weighted by molar-refractivity contribution is 6.07. The van der Waals surface area contributed by atoms with Gasteiger partial charge < -0.3 is 19.2 Å². The van der Waals surface area contributed by atoms with Crippen molar-refractivity contribution in [1.29, 1.82) is 0 Å². The van der Waals surface area contributed by atoms with Crippen molar-refractivity contribution in [3.05, 3.63) is 35.7 Å². The molecule has 1 aliphatic heterocycles. The lowest BCUT2D eigenvalue weighted by Gasteiger charge is -2.29. The minimum atomic E-state index is -0.147. The normalized spacial score (nSPS) is 16.5. The molecule has 4 heterocycles. The molecule has 1 atom stereocenters. The van der Waals surface area contributed by atoms with Crippen molar-refractivity contribution in [1.82, 2.24) is 20.4 Å². The zero-order valence-electron chi connectivity index (χ0n) is 15.7. The first-order chi connectivity index (χ1) is 13.1. The molecular weight excluding hydrogens is 344 g/mol. The highest BCUT2D eigenvalue weighted by Gasteiger charge is 2.22. The molecule has 0 spiro atoms. The highest BCUT2D eigenvalue weighted by atomic mass is 16.5. The molecule has 0 radical (unpaired) electrons. The van der Waals surface area contributed by atoms with E-state index in [9.17, 15) is 4.79 Å². The number of furan rings is 1. The molecule has 3 aromatic heterocycles. The largest absolute Gasteiger partial charge is 0.463 e. The fourth-order valence-electron chi connectivity index (χ4n) is 3.70. The van der Waals surface area contributed by atoms with Gasteiger partial charge in [-0.05, 0) is 58.0 Å². The van der Waals surface area contributed by atoms with Gasteiger partial charge in [0.2, 0.25) is 0 Å². The number of aryl methyl sites for hydroxylation is 1. The first-order valence-corrected chi connectivity index (χ1v) is 9.46. The number of pyridine rings is 1. The third-order valence-electron chi connectivity index (χ3n) is 4.99. The number of piperidine rings is 1. The molecule has 7 heteroatoms. The van der Waals surface area contributed by atoms with E-state index in [1.807, 2.05) is 13.8 Å². The second-order valence-electron chi connectivity index (χ2n) is 7.22. The molecule has 7 nitrogen and oxygen atoms in total. The van der Waals surface area contributed by atoms with Crippen molar-refractivity contribution in [2.45, 2.75) is 39.2 Å². The number of hydrogen-bond acceptors (Lipinski definition) is 6. The summed E-state index contributed by atoms with van der Waals surface area (Å²) in [7, 11) is 0. The lowest BCUT2D eigenvalue weighted by molar-refractivity contribution is 0.0927. The molecule has 0 aromatic carbocycles.